The van der Waals surface area contributed by atoms with Gasteiger partial charge in [-0.05, 0) is 52.5 Å². The Morgan fingerprint density at radius 2 is 1.75 bits per heavy atom. The van der Waals surface area contributed by atoms with Crippen LogP contribution in [0.1, 0.15) is 41.3 Å². The lowest BCUT2D eigenvalue weighted by molar-refractivity contribution is 0.103. The number of ketones is 1. The maximum absolute atomic E-state index is 12.4. The molecular weight excluding hydrogens is 336 g/mol. The fourth-order valence-electron chi connectivity index (χ4n) is 2.01. The molecule has 20 heavy (non-hydrogen) atoms. The van der Waals surface area contributed by atoms with Crippen molar-refractivity contribution < 1.29 is 4.79 Å². The number of rotatable bonds is 5. The molecule has 1 nitrogen and oxygen atoms in total. The highest BCUT2D eigenvalue weighted by atomic mass is 79.9. The first-order chi connectivity index (χ1) is 9.61. The molecule has 104 valence electrons. The molecule has 0 spiro atoms. The quantitative estimate of drug-likeness (QED) is 0.634. The Kier molecular flexibility index (Phi) is 5.38. The van der Waals surface area contributed by atoms with Crippen LogP contribution in [0.5, 0.6) is 0 Å². The molecule has 0 bridgehead atoms. The largest absolute Gasteiger partial charge is 0.289 e. The van der Waals surface area contributed by atoms with E-state index < -0.39 is 0 Å². The second-order valence-corrected chi connectivity index (χ2v) is 6.02. The lowest BCUT2D eigenvalue weighted by Gasteiger charge is -2.05. The summed E-state index contributed by atoms with van der Waals surface area (Å²) in [6, 6.07) is 13.1. The third-order valence-corrected chi connectivity index (χ3v) is 4.43. The predicted octanol–water partition coefficient (Wildman–Crippen LogP) is 5.68. The van der Waals surface area contributed by atoms with Gasteiger partial charge in [-0.3, -0.25) is 4.79 Å². The van der Waals surface area contributed by atoms with Crippen molar-refractivity contribution >= 4 is 33.3 Å². The molecule has 3 heteroatoms. The van der Waals surface area contributed by atoms with Crippen LogP contribution in [0.3, 0.4) is 0 Å². The van der Waals surface area contributed by atoms with E-state index in [0.29, 0.717) is 16.1 Å². The standard InChI is InChI=1S/C17H16BrClO/c1-2-3-4-12-5-7-13(8-6-12)17(20)14-9-10-16(19)15(18)11-14/h5-11H,2-4H2,1H3. The Hall–Kier alpha value is -1.12. The van der Waals surface area contributed by atoms with Crippen LogP contribution in [0, 0.1) is 0 Å². The molecule has 0 aliphatic heterocycles. The van der Waals surface area contributed by atoms with Crippen molar-refractivity contribution in [3.05, 3.63) is 68.7 Å². The molecule has 0 heterocycles. The van der Waals surface area contributed by atoms with Crippen LogP contribution in [-0.4, -0.2) is 5.78 Å². The molecule has 0 radical (unpaired) electrons. The van der Waals surface area contributed by atoms with E-state index in [-0.39, 0.29) is 5.78 Å². The van der Waals surface area contributed by atoms with E-state index in [1.165, 1.54) is 18.4 Å². The van der Waals surface area contributed by atoms with Gasteiger partial charge in [0.1, 0.15) is 0 Å². The van der Waals surface area contributed by atoms with Crippen molar-refractivity contribution in [2.45, 2.75) is 26.2 Å². The summed E-state index contributed by atoms with van der Waals surface area (Å²) in [7, 11) is 0. The van der Waals surface area contributed by atoms with Gasteiger partial charge in [0.15, 0.2) is 5.78 Å². The lowest BCUT2D eigenvalue weighted by atomic mass is 10.0. The highest BCUT2D eigenvalue weighted by Gasteiger charge is 2.10. The maximum atomic E-state index is 12.4. The predicted molar refractivity (Wildman–Crippen MR) is 87.6 cm³/mol. The van der Waals surface area contributed by atoms with Gasteiger partial charge in [-0.2, -0.15) is 0 Å². The van der Waals surface area contributed by atoms with Crippen molar-refractivity contribution in [1.29, 1.82) is 0 Å². The van der Waals surface area contributed by atoms with Crippen molar-refractivity contribution in [3.8, 4) is 0 Å². The molecule has 0 amide bonds. The summed E-state index contributed by atoms with van der Waals surface area (Å²) in [6.07, 6.45) is 3.42. The molecular formula is C17H16BrClO. The van der Waals surface area contributed by atoms with Gasteiger partial charge >= 0.3 is 0 Å². The van der Waals surface area contributed by atoms with Crippen LogP contribution >= 0.6 is 27.5 Å². The summed E-state index contributed by atoms with van der Waals surface area (Å²) in [4.78, 5) is 12.4. The van der Waals surface area contributed by atoms with Crippen LogP contribution < -0.4 is 0 Å². The molecule has 0 aromatic heterocycles. The highest BCUT2D eigenvalue weighted by molar-refractivity contribution is 9.10. The number of halogens is 2. The van der Waals surface area contributed by atoms with Crippen molar-refractivity contribution in [3.63, 3.8) is 0 Å². The molecule has 0 N–H and O–H groups in total. The second-order valence-electron chi connectivity index (χ2n) is 4.76. The number of carbonyl (C=O) groups is 1. The van der Waals surface area contributed by atoms with Crippen LogP contribution in [0.25, 0.3) is 0 Å². The maximum Gasteiger partial charge on any atom is 0.193 e. The topological polar surface area (TPSA) is 17.1 Å². The zero-order valence-corrected chi connectivity index (χ0v) is 13.7. The average molecular weight is 352 g/mol. The summed E-state index contributed by atoms with van der Waals surface area (Å²) >= 11 is 9.29. The van der Waals surface area contributed by atoms with Gasteiger partial charge < -0.3 is 0 Å². The zero-order chi connectivity index (χ0) is 14.5. The molecule has 0 aliphatic carbocycles. The van der Waals surface area contributed by atoms with Crippen molar-refractivity contribution in [2.75, 3.05) is 0 Å². The molecule has 2 aromatic carbocycles. The summed E-state index contributed by atoms with van der Waals surface area (Å²) in [5, 5.41) is 0.608. The first-order valence-electron chi connectivity index (χ1n) is 6.70. The Morgan fingerprint density at radius 1 is 1.10 bits per heavy atom. The van der Waals surface area contributed by atoms with Crippen molar-refractivity contribution in [1.82, 2.24) is 0 Å². The summed E-state index contributed by atoms with van der Waals surface area (Å²) in [6.45, 7) is 2.18. The third kappa shape index (κ3) is 3.71. The monoisotopic (exact) mass is 350 g/mol. The first kappa shape index (κ1) is 15.3. The molecule has 0 saturated carbocycles. The molecule has 0 fully saturated rings. The molecule has 0 aliphatic rings. The molecule has 0 unspecified atom stereocenters. The number of aryl methyl sites for hydroxylation is 1. The van der Waals surface area contributed by atoms with Crippen LogP contribution in [0.4, 0.5) is 0 Å². The summed E-state index contributed by atoms with van der Waals surface area (Å²) in [5.41, 5.74) is 2.63. The van der Waals surface area contributed by atoms with E-state index in [2.05, 4.69) is 22.9 Å². The number of benzene rings is 2. The number of hydrogen-bond donors (Lipinski definition) is 0. The van der Waals surface area contributed by atoms with E-state index in [1.54, 1.807) is 18.2 Å². The molecule has 2 aromatic rings. The van der Waals surface area contributed by atoms with E-state index in [1.807, 2.05) is 24.3 Å². The van der Waals surface area contributed by atoms with Gasteiger partial charge in [0, 0.05) is 15.6 Å². The van der Waals surface area contributed by atoms with E-state index in [0.717, 1.165) is 10.9 Å². The lowest BCUT2D eigenvalue weighted by Crippen LogP contribution is -2.01. The smallest absolute Gasteiger partial charge is 0.193 e. The zero-order valence-electron chi connectivity index (χ0n) is 11.3. The third-order valence-electron chi connectivity index (χ3n) is 3.22. The Morgan fingerprint density at radius 3 is 2.35 bits per heavy atom. The van der Waals surface area contributed by atoms with Crippen LogP contribution in [0.2, 0.25) is 5.02 Å². The highest BCUT2D eigenvalue weighted by Crippen LogP contribution is 2.24. The van der Waals surface area contributed by atoms with Crippen LogP contribution in [-0.2, 0) is 6.42 Å². The van der Waals surface area contributed by atoms with E-state index in [4.69, 9.17) is 11.6 Å². The molecule has 0 saturated heterocycles. The van der Waals surface area contributed by atoms with Gasteiger partial charge in [0.2, 0.25) is 0 Å². The van der Waals surface area contributed by atoms with E-state index >= 15 is 0 Å². The fourth-order valence-corrected chi connectivity index (χ4v) is 2.50. The Bertz CT molecular complexity index is 605. The Balaban J connectivity index is 2.18. The van der Waals surface area contributed by atoms with Crippen molar-refractivity contribution in [2.24, 2.45) is 0 Å². The molecule has 2 rings (SSSR count). The van der Waals surface area contributed by atoms with Gasteiger partial charge in [-0.1, -0.05) is 49.2 Å². The van der Waals surface area contributed by atoms with Gasteiger partial charge in [-0.15, -0.1) is 0 Å². The van der Waals surface area contributed by atoms with Crippen LogP contribution in [0.15, 0.2) is 46.9 Å². The SMILES string of the molecule is CCCCc1ccc(C(=O)c2ccc(Cl)c(Br)c2)cc1. The normalized spacial score (nSPS) is 10.6. The number of unbranched alkanes of at least 4 members (excludes halogenated alkanes) is 1. The van der Waals surface area contributed by atoms with Gasteiger partial charge in [0.05, 0.1) is 5.02 Å². The first-order valence-corrected chi connectivity index (χ1v) is 7.87. The van der Waals surface area contributed by atoms with Gasteiger partial charge in [-0.25, -0.2) is 0 Å². The summed E-state index contributed by atoms with van der Waals surface area (Å²) in [5.74, 6) is 0.0180. The second kappa shape index (κ2) is 7.05. The van der Waals surface area contributed by atoms with Gasteiger partial charge in [0.25, 0.3) is 0 Å². The molecule has 0 atom stereocenters. The summed E-state index contributed by atoms with van der Waals surface area (Å²) < 4.78 is 0.740. The Labute approximate surface area is 133 Å². The number of hydrogen-bond acceptors (Lipinski definition) is 1. The van der Waals surface area contributed by atoms with E-state index in [9.17, 15) is 4.79 Å². The fraction of sp³-hybridized carbons (Fsp3) is 0.235. The minimum atomic E-state index is 0.0180. The average Bonchev–Trinajstić information content (AvgIpc) is 2.48. The minimum Gasteiger partial charge on any atom is -0.289 e. The minimum absolute atomic E-state index is 0.0180. The number of carbonyl (C=O) groups excluding carboxylic acids is 1.